The summed E-state index contributed by atoms with van der Waals surface area (Å²) in [4.78, 5) is 2.43. The van der Waals surface area contributed by atoms with Crippen molar-refractivity contribution in [1.82, 2.24) is 10.2 Å². The topological polar surface area (TPSA) is 15.3 Å². The van der Waals surface area contributed by atoms with Gasteiger partial charge < -0.3 is 5.32 Å². The van der Waals surface area contributed by atoms with Crippen molar-refractivity contribution in [3.05, 3.63) is 70.7 Å². The zero-order valence-electron chi connectivity index (χ0n) is 11.6. The molecule has 0 spiro atoms. The van der Waals surface area contributed by atoms with Gasteiger partial charge in [-0.3, -0.25) is 4.90 Å². The van der Waals surface area contributed by atoms with Gasteiger partial charge in [0.2, 0.25) is 0 Å². The molecule has 1 atom stereocenters. The standard InChI is InChI=1S/C17H19ClN2/c1-20-12-11-19-13-17(20,14-5-3-2-4-6-14)15-7-9-16(18)10-8-15/h2-10,19H,11-13H2,1H3. The molecule has 1 saturated heterocycles. The maximum atomic E-state index is 6.05. The minimum atomic E-state index is -0.121. The minimum Gasteiger partial charge on any atom is -0.313 e. The van der Waals surface area contributed by atoms with Gasteiger partial charge in [-0.25, -0.2) is 0 Å². The smallest absolute Gasteiger partial charge is 0.0840 e. The number of piperazine rings is 1. The molecule has 0 saturated carbocycles. The number of likely N-dealkylation sites (N-methyl/N-ethyl adjacent to an activating group) is 1. The second-order valence-electron chi connectivity index (χ2n) is 5.33. The predicted octanol–water partition coefficient (Wildman–Crippen LogP) is 3.12. The molecule has 1 heterocycles. The number of nitrogens with one attached hydrogen (secondary N) is 1. The number of hydrogen-bond donors (Lipinski definition) is 1. The average molecular weight is 287 g/mol. The van der Waals surface area contributed by atoms with E-state index in [1.807, 2.05) is 12.1 Å². The first-order valence-corrected chi connectivity index (χ1v) is 7.35. The van der Waals surface area contributed by atoms with Crippen LogP contribution in [0, 0.1) is 0 Å². The van der Waals surface area contributed by atoms with Crippen molar-refractivity contribution in [3.63, 3.8) is 0 Å². The van der Waals surface area contributed by atoms with Crippen molar-refractivity contribution in [2.75, 3.05) is 26.7 Å². The van der Waals surface area contributed by atoms with Gasteiger partial charge in [0.1, 0.15) is 0 Å². The zero-order valence-corrected chi connectivity index (χ0v) is 12.4. The summed E-state index contributed by atoms with van der Waals surface area (Å²) >= 11 is 6.05. The molecular weight excluding hydrogens is 268 g/mol. The largest absolute Gasteiger partial charge is 0.313 e. The van der Waals surface area contributed by atoms with Gasteiger partial charge in [0.05, 0.1) is 5.54 Å². The summed E-state index contributed by atoms with van der Waals surface area (Å²) < 4.78 is 0. The van der Waals surface area contributed by atoms with E-state index in [2.05, 4.69) is 59.7 Å². The minimum absolute atomic E-state index is 0.121. The highest BCUT2D eigenvalue weighted by atomic mass is 35.5. The van der Waals surface area contributed by atoms with Crippen LogP contribution in [0.5, 0.6) is 0 Å². The number of halogens is 1. The van der Waals surface area contributed by atoms with E-state index in [0.717, 1.165) is 24.7 Å². The summed E-state index contributed by atoms with van der Waals surface area (Å²) in [5.41, 5.74) is 2.48. The lowest BCUT2D eigenvalue weighted by atomic mass is 9.80. The molecule has 2 aromatic carbocycles. The molecular formula is C17H19ClN2. The lowest BCUT2D eigenvalue weighted by molar-refractivity contribution is 0.124. The van der Waals surface area contributed by atoms with Gasteiger partial charge in [-0.05, 0) is 30.3 Å². The molecule has 0 radical (unpaired) electrons. The van der Waals surface area contributed by atoms with Crippen molar-refractivity contribution in [1.29, 1.82) is 0 Å². The second kappa shape index (κ2) is 5.57. The molecule has 1 N–H and O–H groups in total. The van der Waals surface area contributed by atoms with E-state index in [1.165, 1.54) is 11.1 Å². The fourth-order valence-corrected chi connectivity index (χ4v) is 3.22. The molecule has 1 aliphatic heterocycles. The Morgan fingerprint density at radius 2 is 1.65 bits per heavy atom. The van der Waals surface area contributed by atoms with Crippen LogP contribution < -0.4 is 5.32 Å². The first kappa shape index (κ1) is 13.6. The molecule has 0 aromatic heterocycles. The summed E-state index contributed by atoms with van der Waals surface area (Å²) in [7, 11) is 2.20. The molecule has 20 heavy (non-hydrogen) atoms. The van der Waals surface area contributed by atoms with Crippen LogP contribution in [0.15, 0.2) is 54.6 Å². The van der Waals surface area contributed by atoms with Crippen molar-refractivity contribution < 1.29 is 0 Å². The molecule has 3 heteroatoms. The van der Waals surface area contributed by atoms with Crippen LogP contribution in [0.3, 0.4) is 0 Å². The molecule has 2 nitrogen and oxygen atoms in total. The highest BCUT2D eigenvalue weighted by molar-refractivity contribution is 6.30. The molecule has 0 aliphatic carbocycles. The first-order chi connectivity index (χ1) is 9.73. The zero-order chi connectivity index (χ0) is 14.0. The Morgan fingerprint density at radius 3 is 2.30 bits per heavy atom. The third kappa shape index (κ3) is 2.24. The Bertz CT molecular complexity index is 567. The summed E-state index contributed by atoms with van der Waals surface area (Å²) in [6.07, 6.45) is 0. The van der Waals surface area contributed by atoms with E-state index in [-0.39, 0.29) is 5.54 Å². The Kier molecular flexibility index (Phi) is 3.79. The van der Waals surface area contributed by atoms with Crippen LogP contribution >= 0.6 is 11.6 Å². The van der Waals surface area contributed by atoms with E-state index >= 15 is 0 Å². The lowest BCUT2D eigenvalue weighted by Gasteiger charge is -2.46. The van der Waals surface area contributed by atoms with Crippen LogP contribution in [0.4, 0.5) is 0 Å². The highest BCUT2D eigenvalue weighted by Gasteiger charge is 2.39. The van der Waals surface area contributed by atoms with Crippen LogP contribution in [-0.2, 0) is 5.54 Å². The van der Waals surface area contributed by atoms with Gasteiger partial charge in [-0.15, -0.1) is 0 Å². The Morgan fingerprint density at radius 1 is 1.00 bits per heavy atom. The molecule has 1 unspecified atom stereocenters. The van der Waals surface area contributed by atoms with Crippen molar-refractivity contribution >= 4 is 11.6 Å². The third-order valence-corrected chi connectivity index (χ3v) is 4.48. The highest BCUT2D eigenvalue weighted by Crippen LogP contribution is 2.36. The van der Waals surface area contributed by atoms with Crippen LogP contribution in [-0.4, -0.2) is 31.6 Å². The summed E-state index contributed by atoms with van der Waals surface area (Å²) in [6.45, 7) is 2.96. The van der Waals surface area contributed by atoms with Gasteiger partial charge in [-0.2, -0.15) is 0 Å². The van der Waals surface area contributed by atoms with Crippen LogP contribution in [0.2, 0.25) is 5.02 Å². The van der Waals surface area contributed by atoms with Gasteiger partial charge in [-0.1, -0.05) is 54.1 Å². The molecule has 1 aliphatic rings. The van der Waals surface area contributed by atoms with E-state index in [4.69, 9.17) is 11.6 Å². The first-order valence-electron chi connectivity index (χ1n) is 6.97. The van der Waals surface area contributed by atoms with Crippen molar-refractivity contribution in [2.45, 2.75) is 5.54 Å². The second-order valence-corrected chi connectivity index (χ2v) is 5.77. The van der Waals surface area contributed by atoms with E-state index in [1.54, 1.807) is 0 Å². The Labute approximate surface area is 125 Å². The lowest BCUT2D eigenvalue weighted by Crippen LogP contribution is -2.58. The number of benzene rings is 2. The van der Waals surface area contributed by atoms with Gasteiger partial charge in [0.25, 0.3) is 0 Å². The fraction of sp³-hybridized carbons (Fsp3) is 0.294. The van der Waals surface area contributed by atoms with Gasteiger partial charge in [0.15, 0.2) is 0 Å². The van der Waals surface area contributed by atoms with E-state index < -0.39 is 0 Å². The maximum Gasteiger partial charge on any atom is 0.0840 e. The summed E-state index contributed by atoms with van der Waals surface area (Å²) in [6, 6.07) is 18.9. The monoisotopic (exact) mass is 286 g/mol. The number of nitrogens with zero attached hydrogens (tertiary/aromatic N) is 1. The normalized spacial score (nSPS) is 23.7. The summed E-state index contributed by atoms with van der Waals surface area (Å²) in [5.74, 6) is 0. The average Bonchev–Trinajstić information content (AvgIpc) is 2.50. The van der Waals surface area contributed by atoms with Gasteiger partial charge in [0, 0.05) is 24.7 Å². The van der Waals surface area contributed by atoms with Crippen molar-refractivity contribution in [3.8, 4) is 0 Å². The third-order valence-electron chi connectivity index (χ3n) is 4.23. The maximum absolute atomic E-state index is 6.05. The van der Waals surface area contributed by atoms with Crippen molar-refractivity contribution in [2.24, 2.45) is 0 Å². The van der Waals surface area contributed by atoms with E-state index in [0.29, 0.717) is 0 Å². The molecule has 104 valence electrons. The molecule has 3 rings (SSSR count). The molecule has 2 aromatic rings. The molecule has 0 bridgehead atoms. The fourth-order valence-electron chi connectivity index (χ4n) is 3.09. The number of hydrogen-bond acceptors (Lipinski definition) is 2. The van der Waals surface area contributed by atoms with Gasteiger partial charge >= 0.3 is 0 Å². The van der Waals surface area contributed by atoms with Crippen LogP contribution in [0.1, 0.15) is 11.1 Å². The Balaban J connectivity index is 2.15. The quantitative estimate of drug-likeness (QED) is 0.912. The predicted molar refractivity (Wildman–Crippen MR) is 84.2 cm³/mol. The van der Waals surface area contributed by atoms with Crippen LogP contribution in [0.25, 0.3) is 0 Å². The number of rotatable bonds is 2. The Hall–Kier alpha value is -1.35. The SMILES string of the molecule is CN1CCNCC1(c1ccccc1)c1ccc(Cl)cc1. The molecule has 0 amide bonds. The molecule has 1 fully saturated rings. The van der Waals surface area contributed by atoms with E-state index in [9.17, 15) is 0 Å². The summed E-state index contributed by atoms with van der Waals surface area (Å²) in [5, 5.41) is 4.32.